The average Bonchev–Trinajstić information content (AvgIpc) is 2.56. The molecule has 2 aromatic rings. The van der Waals surface area contributed by atoms with Gasteiger partial charge in [-0.25, -0.2) is 0 Å². The summed E-state index contributed by atoms with van der Waals surface area (Å²) in [5.74, 6) is 0. The van der Waals surface area contributed by atoms with Gasteiger partial charge in [-0.15, -0.1) is 0 Å². The predicted octanol–water partition coefficient (Wildman–Crippen LogP) is 6.58. The van der Waals surface area contributed by atoms with Crippen molar-refractivity contribution in [3.05, 3.63) is 56.5 Å². The minimum atomic E-state index is 0.459. The molecule has 126 valence electrons. The Labute approximate surface area is 160 Å². The quantitative estimate of drug-likeness (QED) is 0.437. The summed E-state index contributed by atoms with van der Waals surface area (Å²) in [4.78, 5) is 0. The minimum absolute atomic E-state index is 0.459. The van der Waals surface area contributed by atoms with E-state index < -0.39 is 0 Å². The van der Waals surface area contributed by atoms with Crippen LogP contribution in [0.3, 0.4) is 0 Å². The monoisotopic (exact) mass is 402 g/mol. The summed E-state index contributed by atoms with van der Waals surface area (Å²) in [7, 11) is 0. The first-order valence-electron chi connectivity index (χ1n) is 6.88. The molecule has 0 heterocycles. The number of hydrogen-bond donors (Lipinski definition) is 2. The zero-order valence-corrected chi connectivity index (χ0v) is 15.9. The van der Waals surface area contributed by atoms with E-state index in [-0.39, 0.29) is 0 Å². The van der Waals surface area contributed by atoms with Gasteiger partial charge >= 0.3 is 0 Å². The van der Waals surface area contributed by atoms with Crippen molar-refractivity contribution in [2.45, 2.75) is 13.8 Å². The molecule has 0 atom stereocenters. The average molecular weight is 404 g/mol. The molecular weight excluding hydrogens is 390 g/mol. The van der Waals surface area contributed by atoms with Crippen LogP contribution in [0.15, 0.2) is 46.6 Å². The van der Waals surface area contributed by atoms with Crippen molar-refractivity contribution >= 4 is 69.2 Å². The van der Waals surface area contributed by atoms with E-state index in [1.807, 2.05) is 13.8 Å². The van der Waals surface area contributed by atoms with Gasteiger partial charge in [0.05, 0.1) is 42.9 Å². The molecular formula is C16H14Cl4N4. The van der Waals surface area contributed by atoms with Gasteiger partial charge in [-0.05, 0) is 50.2 Å². The third-order valence-corrected chi connectivity index (χ3v) is 4.55. The topological polar surface area (TPSA) is 48.8 Å². The van der Waals surface area contributed by atoms with E-state index in [0.717, 1.165) is 11.4 Å². The fourth-order valence-electron chi connectivity index (χ4n) is 1.59. The Kier molecular flexibility index (Phi) is 6.75. The molecule has 0 radical (unpaired) electrons. The highest BCUT2D eigenvalue weighted by atomic mass is 35.5. The van der Waals surface area contributed by atoms with Crippen LogP contribution in [0.1, 0.15) is 13.8 Å². The number of anilines is 2. The molecule has 0 unspecified atom stereocenters. The highest BCUT2D eigenvalue weighted by Gasteiger charge is 2.02. The molecule has 0 aromatic heterocycles. The van der Waals surface area contributed by atoms with Crippen molar-refractivity contribution in [3.8, 4) is 0 Å². The second-order valence-corrected chi connectivity index (χ2v) is 6.50. The second-order valence-electron chi connectivity index (χ2n) is 4.88. The summed E-state index contributed by atoms with van der Waals surface area (Å²) >= 11 is 23.7. The molecule has 0 saturated carbocycles. The van der Waals surface area contributed by atoms with E-state index in [4.69, 9.17) is 46.4 Å². The summed E-state index contributed by atoms with van der Waals surface area (Å²) in [5.41, 5.74) is 8.68. The zero-order chi connectivity index (χ0) is 17.7. The van der Waals surface area contributed by atoms with E-state index >= 15 is 0 Å². The fourth-order valence-corrected chi connectivity index (χ4v) is 2.19. The van der Waals surface area contributed by atoms with E-state index in [2.05, 4.69) is 21.1 Å². The molecule has 0 aliphatic rings. The van der Waals surface area contributed by atoms with Crippen LogP contribution in [0.2, 0.25) is 20.1 Å². The van der Waals surface area contributed by atoms with Crippen molar-refractivity contribution in [1.29, 1.82) is 0 Å². The molecule has 0 bridgehead atoms. The number of halogens is 4. The van der Waals surface area contributed by atoms with Gasteiger partial charge in [-0.2, -0.15) is 10.2 Å². The SMILES string of the molecule is CC(=NNc1ccc(Cl)c(Cl)c1)C(C)=NNc1ccc(Cl)c(Cl)c1. The maximum absolute atomic E-state index is 5.96. The van der Waals surface area contributed by atoms with Crippen LogP contribution in [0.25, 0.3) is 0 Å². The maximum atomic E-state index is 5.96. The van der Waals surface area contributed by atoms with Gasteiger partial charge < -0.3 is 0 Å². The van der Waals surface area contributed by atoms with Gasteiger partial charge in [0.15, 0.2) is 0 Å². The van der Waals surface area contributed by atoms with E-state index in [0.29, 0.717) is 31.5 Å². The molecule has 2 rings (SSSR count). The maximum Gasteiger partial charge on any atom is 0.0805 e. The molecule has 0 fully saturated rings. The fraction of sp³-hybridized carbons (Fsp3) is 0.125. The summed E-state index contributed by atoms with van der Waals surface area (Å²) in [6.07, 6.45) is 0. The van der Waals surface area contributed by atoms with Crippen molar-refractivity contribution in [1.82, 2.24) is 0 Å². The Morgan fingerprint density at radius 3 is 1.38 bits per heavy atom. The van der Waals surface area contributed by atoms with E-state index in [1.165, 1.54) is 0 Å². The summed E-state index contributed by atoms with van der Waals surface area (Å²) in [6.45, 7) is 3.67. The molecule has 0 spiro atoms. The lowest BCUT2D eigenvalue weighted by atomic mass is 10.3. The standard InChI is InChI=1S/C16H14Cl4N4/c1-9(21-23-11-3-5-13(17)15(19)7-11)10(2)22-24-12-4-6-14(18)16(20)8-12/h3-8,23-24H,1-2H3. The highest BCUT2D eigenvalue weighted by Crippen LogP contribution is 2.25. The van der Waals surface area contributed by atoms with Crippen molar-refractivity contribution in [2.24, 2.45) is 10.2 Å². The molecule has 24 heavy (non-hydrogen) atoms. The van der Waals surface area contributed by atoms with E-state index in [1.54, 1.807) is 36.4 Å². The van der Waals surface area contributed by atoms with Crippen LogP contribution in [0, 0.1) is 0 Å². The van der Waals surface area contributed by atoms with Crippen molar-refractivity contribution in [2.75, 3.05) is 10.9 Å². The second kappa shape index (κ2) is 8.58. The van der Waals surface area contributed by atoms with Gasteiger partial charge in [-0.3, -0.25) is 10.9 Å². The lowest BCUT2D eigenvalue weighted by molar-refractivity contribution is 1.31. The minimum Gasteiger partial charge on any atom is -0.278 e. The molecule has 4 nitrogen and oxygen atoms in total. The smallest absolute Gasteiger partial charge is 0.0805 e. The number of nitrogens with one attached hydrogen (secondary N) is 2. The molecule has 0 aliphatic heterocycles. The molecule has 2 N–H and O–H groups in total. The van der Waals surface area contributed by atoms with Gasteiger partial charge in [0.2, 0.25) is 0 Å². The number of hydrogen-bond acceptors (Lipinski definition) is 4. The number of hydrazone groups is 2. The highest BCUT2D eigenvalue weighted by molar-refractivity contribution is 6.43. The third-order valence-electron chi connectivity index (χ3n) is 3.07. The third kappa shape index (κ3) is 5.28. The Morgan fingerprint density at radius 2 is 1.04 bits per heavy atom. The first-order chi connectivity index (χ1) is 11.4. The lowest BCUT2D eigenvalue weighted by Crippen LogP contribution is -2.10. The largest absolute Gasteiger partial charge is 0.278 e. The Balaban J connectivity index is 2.02. The normalized spacial score (nSPS) is 12.2. The molecule has 0 aliphatic carbocycles. The number of nitrogens with zero attached hydrogens (tertiary/aromatic N) is 2. The van der Waals surface area contributed by atoms with Crippen LogP contribution < -0.4 is 10.9 Å². The Morgan fingerprint density at radius 1 is 0.667 bits per heavy atom. The van der Waals surface area contributed by atoms with Crippen LogP contribution >= 0.6 is 46.4 Å². The Hall–Kier alpha value is -1.46. The predicted molar refractivity (Wildman–Crippen MR) is 106 cm³/mol. The van der Waals surface area contributed by atoms with Gasteiger partial charge in [0.1, 0.15) is 0 Å². The Bertz CT molecular complexity index is 735. The summed E-state index contributed by atoms with van der Waals surface area (Å²) in [5, 5.41) is 10.4. The first-order valence-corrected chi connectivity index (χ1v) is 8.39. The number of rotatable bonds is 5. The lowest BCUT2D eigenvalue weighted by Gasteiger charge is -2.06. The van der Waals surface area contributed by atoms with Crippen molar-refractivity contribution < 1.29 is 0 Å². The molecule has 2 aromatic carbocycles. The van der Waals surface area contributed by atoms with Crippen molar-refractivity contribution in [3.63, 3.8) is 0 Å². The van der Waals surface area contributed by atoms with Crippen LogP contribution in [0.4, 0.5) is 11.4 Å². The van der Waals surface area contributed by atoms with Gasteiger partial charge in [0.25, 0.3) is 0 Å². The number of benzene rings is 2. The zero-order valence-electron chi connectivity index (χ0n) is 12.9. The van der Waals surface area contributed by atoms with E-state index in [9.17, 15) is 0 Å². The van der Waals surface area contributed by atoms with Gasteiger partial charge in [-0.1, -0.05) is 46.4 Å². The summed E-state index contributed by atoms with van der Waals surface area (Å²) in [6, 6.07) is 10.4. The van der Waals surface area contributed by atoms with Crippen LogP contribution in [0.5, 0.6) is 0 Å². The van der Waals surface area contributed by atoms with Gasteiger partial charge in [0, 0.05) is 0 Å². The first kappa shape index (κ1) is 18.9. The van der Waals surface area contributed by atoms with Crippen LogP contribution in [-0.2, 0) is 0 Å². The molecule has 0 saturated heterocycles. The van der Waals surface area contributed by atoms with Crippen LogP contribution in [-0.4, -0.2) is 11.4 Å². The molecule has 0 amide bonds. The molecule has 8 heteroatoms. The summed E-state index contributed by atoms with van der Waals surface area (Å²) < 4.78 is 0.